The molecule has 2 saturated heterocycles. The van der Waals surface area contributed by atoms with E-state index in [0.29, 0.717) is 18.1 Å². The molecular weight excluding hydrogens is 402 g/mol. The summed E-state index contributed by atoms with van der Waals surface area (Å²) in [5.41, 5.74) is -0.0703. The first-order chi connectivity index (χ1) is 14.9. The summed E-state index contributed by atoms with van der Waals surface area (Å²) in [7, 11) is 1.56. The van der Waals surface area contributed by atoms with Crippen LogP contribution in [0.4, 0.5) is 4.79 Å². The van der Waals surface area contributed by atoms with Crippen LogP contribution >= 0.6 is 0 Å². The summed E-state index contributed by atoms with van der Waals surface area (Å²) >= 11 is 0. The number of urea groups is 1. The Morgan fingerprint density at radius 3 is 2.77 bits per heavy atom. The van der Waals surface area contributed by atoms with Crippen molar-refractivity contribution in [1.29, 1.82) is 0 Å². The predicted octanol–water partition coefficient (Wildman–Crippen LogP) is 1.59. The van der Waals surface area contributed by atoms with Gasteiger partial charge in [-0.2, -0.15) is 0 Å². The molecule has 1 aromatic carbocycles. The van der Waals surface area contributed by atoms with Crippen LogP contribution < -0.4 is 20.1 Å². The summed E-state index contributed by atoms with van der Waals surface area (Å²) in [5, 5.41) is 5.50. The van der Waals surface area contributed by atoms with Gasteiger partial charge in [-0.3, -0.25) is 14.5 Å². The minimum Gasteiger partial charge on any atom is -0.493 e. The van der Waals surface area contributed by atoms with Crippen LogP contribution in [0.3, 0.4) is 0 Å². The number of amides is 4. The Kier molecular flexibility index (Phi) is 6.04. The van der Waals surface area contributed by atoms with Crippen molar-refractivity contribution >= 4 is 17.8 Å². The third-order valence-corrected chi connectivity index (χ3v) is 6.16. The molecule has 31 heavy (non-hydrogen) atoms. The number of carbonyl (C=O) groups is 3. The van der Waals surface area contributed by atoms with E-state index < -0.39 is 17.5 Å². The van der Waals surface area contributed by atoms with Crippen molar-refractivity contribution in [3.63, 3.8) is 0 Å². The number of benzene rings is 1. The fraction of sp³-hybridized carbons (Fsp3) is 0.591. The van der Waals surface area contributed by atoms with Crippen LogP contribution in [0.25, 0.3) is 0 Å². The fourth-order valence-corrected chi connectivity index (χ4v) is 4.10. The third kappa shape index (κ3) is 4.61. The molecular formula is C22H29N3O6. The normalized spacial score (nSPS) is 25.5. The van der Waals surface area contributed by atoms with Gasteiger partial charge in [0.05, 0.1) is 13.2 Å². The molecule has 1 saturated carbocycles. The van der Waals surface area contributed by atoms with Gasteiger partial charge in [0.2, 0.25) is 5.91 Å². The lowest BCUT2D eigenvalue weighted by molar-refractivity contribution is -0.135. The molecule has 1 aromatic rings. The van der Waals surface area contributed by atoms with E-state index in [2.05, 4.69) is 10.6 Å². The molecule has 3 fully saturated rings. The molecule has 4 amide bonds. The highest BCUT2D eigenvalue weighted by Gasteiger charge is 2.56. The lowest BCUT2D eigenvalue weighted by atomic mass is 9.96. The second-order valence-electron chi connectivity index (χ2n) is 8.51. The SMILES string of the molecule is COc1cc(CNC(=O)CN2C(=O)NC(C)(C3CC3)C2=O)ccc1OCC1CCCO1. The molecule has 2 N–H and O–H groups in total. The van der Waals surface area contributed by atoms with Crippen LogP contribution in [-0.4, -0.2) is 61.3 Å². The van der Waals surface area contributed by atoms with Gasteiger partial charge in [0.1, 0.15) is 18.7 Å². The van der Waals surface area contributed by atoms with E-state index in [-0.39, 0.29) is 31.0 Å². The molecule has 0 spiro atoms. The number of nitrogens with zero attached hydrogens (tertiary/aromatic N) is 1. The number of carbonyl (C=O) groups excluding carboxylic acids is 3. The number of hydrogen-bond acceptors (Lipinski definition) is 6. The molecule has 0 aromatic heterocycles. The molecule has 0 radical (unpaired) electrons. The second kappa shape index (κ2) is 8.74. The molecule has 0 bridgehead atoms. The summed E-state index contributed by atoms with van der Waals surface area (Å²) in [4.78, 5) is 38.2. The van der Waals surface area contributed by atoms with E-state index in [1.165, 1.54) is 0 Å². The Labute approximate surface area is 181 Å². The zero-order chi connectivity index (χ0) is 22.0. The first kappa shape index (κ1) is 21.4. The maximum absolute atomic E-state index is 12.6. The number of methoxy groups -OCH3 is 1. The molecule has 2 unspecified atom stereocenters. The monoisotopic (exact) mass is 431 g/mol. The molecule has 1 aliphatic carbocycles. The van der Waals surface area contributed by atoms with Crippen molar-refractivity contribution in [1.82, 2.24) is 15.5 Å². The molecule has 2 atom stereocenters. The predicted molar refractivity (Wildman–Crippen MR) is 111 cm³/mol. The summed E-state index contributed by atoms with van der Waals surface area (Å²) in [6, 6.07) is 4.92. The molecule has 3 aliphatic rings. The molecule has 4 rings (SSSR count). The average molecular weight is 431 g/mol. The van der Waals surface area contributed by atoms with Crippen molar-refractivity contribution < 1.29 is 28.6 Å². The number of nitrogens with one attached hydrogen (secondary N) is 2. The molecule has 9 heteroatoms. The van der Waals surface area contributed by atoms with E-state index in [0.717, 1.165) is 42.8 Å². The Hall–Kier alpha value is -2.81. The Morgan fingerprint density at radius 2 is 2.10 bits per heavy atom. The van der Waals surface area contributed by atoms with Crippen LogP contribution in [0.5, 0.6) is 11.5 Å². The fourth-order valence-electron chi connectivity index (χ4n) is 4.10. The van der Waals surface area contributed by atoms with E-state index in [1.807, 2.05) is 6.07 Å². The van der Waals surface area contributed by atoms with Gasteiger partial charge in [0.25, 0.3) is 5.91 Å². The average Bonchev–Trinajstić information content (AvgIpc) is 3.46. The topological polar surface area (TPSA) is 106 Å². The van der Waals surface area contributed by atoms with Gasteiger partial charge in [-0.05, 0) is 56.2 Å². The molecule has 9 nitrogen and oxygen atoms in total. The summed E-state index contributed by atoms with van der Waals surface area (Å²) < 4.78 is 16.8. The molecule has 168 valence electrons. The van der Waals surface area contributed by atoms with Gasteiger partial charge < -0.3 is 24.8 Å². The first-order valence-corrected chi connectivity index (χ1v) is 10.7. The largest absolute Gasteiger partial charge is 0.493 e. The van der Waals surface area contributed by atoms with Crippen LogP contribution in [0.2, 0.25) is 0 Å². The smallest absolute Gasteiger partial charge is 0.325 e. The van der Waals surface area contributed by atoms with Crippen molar-refractivity contribution in [2.45, 2.75) is 50.8 Å². The van der Waals surface area contributed by atoms with Crippen LogP contribution in [0.1, 0.15) is 38.2 Å². The van der Waals surface area contributed by atoms with Crippen molar-refractivity contribution in [2.24, 2.45) is 5.92 Å². The van der Waals surface area contributed by atoms with E-state index in [1.54, 1.807) is 26.2 Å². The Bertz CT molecular complexity index is 865. The maximum Gasteiger partial charge on any atom is 0.325 e. The molecule has 2 heterocycles. The van der Waals surface area contributed by atoms with Crippen molar-refractivity contribution in [3.05, 3.63) is 23.8 Å². The number of rotatable bonds is 9. The van der Waals surface area contributed by atoms with Gasteiger partial charge in [-0.1, -0.05) is 6.07 Å². The van der Waals surface area contributed by atoms with Crippen molar-refractivity contribution in [3.8, 4) is 11.5 Å². The van der Waals surface area contributed by atoms with Gasteiger partial charge in [0, 0.05) is 13.2 Å². The van der Waals surface area contributed by atoms with Gasteiger partial charge >= 0.3 is 6.03 Å². The second-order valence-corrected chi connectivity index (χ2v) is 8.51. The minimum atomic E-state index is -0.885. The zero-order valence-corrected chi connectivity index (χ0v) is 17.9. The van der Waals surface area contributed by atoms with Crippen LogP contribution in [0.15, 0.2) is 18.2 Å². The summed E-state index contributed by atoms with van der Waals surface area (Å²) in [6.07, 6.45) is 3.98. The van der Waals surface area contributed by atoms with Crippen LogP contribution in [-0.2, 0) is 20.9 Å². The highest BCUT2D eigenvalue weighted by molar-refractivity contribution is 6.09. The molecule has 2 aliphatic heterocycles. The highest BCUT2D eigenvalue weighted by atomic mass is 16.5. The number of imide groups is 1. The third-order valence-electron chi connectivity index (χ3n) is 6.16. The van der Waals surface area contributed by atoms with E-state index >= 15 is 0 Å². The number of ether oxygens (including phenoxy) is 3. The standard InChI is InChI=1S/C22H29N3O6/c1-22(15-6-7-15)20(27)25(21(28)24-22)12-19(26)23-11-14-5-8-17(18(10-14)29-2)31-13-16-4-3-9-30-16/h5,8,10,15-16H,3-4,6-7,9,11-13H2,1-2H3,(H,23,26)(H,24,28). The van der Waals surface area contributed by atoms with Gasteiger partial charge in [-0.25, -0.2) is 4.79 Å². The summed E-state index contributed by atoms with van der Waals surface area (Å²) in [5.74, 6) is 0.613. The van der Waals surface area contributed by atoms with Crippen LogP contribution in [0, 0.1) is 5.92 Å². The van der Waals surface area contributed by atoms with Crippen molar-refractivity contribution in [2.75, 3.05) is 26.9 Å². The van der Waals surface area contributed by atoms with E-state index in [4.69, 9.17) is 14.2 Å². The quantitative estimate of drug-likeness (QED) is 0.575. The number of hydrogen-bond donors (Lipinski definition) is 2. The van der Waals surface area contributed by atoms with Gasteiger partial charge in [-0.15, -0.1) is 0 Å². The van der Waals surface area contributed by atoms with Gasteiger partial charge in [0.15, 0.2) is 11.5 Å². The maximum atomic E-state index is 12.6. The lowest BCUT2D eigenvalue weighted by Crippen LogP contribution is -2.46. The first-order valence-electron chi connectivity index (χ1n) is 10.7. The highest BCUT2D eigenvalue weighted by Crippen LogP contribution is 2.42. The minimum absolute atomic E-state index is 0.107. The zero-order valence-electron chi connectivity index (χ0n) is 17.9. The lowest BCUT2D eigenvalue weighted by Gasteiger charge is -2.20. The van der Waals surface area contributed by atoms with E-state index in [9.17, 15) is 14.4 Å². The Balaban J connectivity index is 1.29. The summed E-state index contributed by atoms with van der Waals surface area (Å²) in [6.45, 7) is 2.92. The Morgan fingerprint density at radius 1 is 1.29 bits per heavy atom.